The predicted molar refractivity (Wildman–Crippen MR) is 62.7 cm³/mol. The number of ether oxygens (including phenoxy) is 1. The summed E-state index contributed by atoms with van der Waals surface area (Å²) in [6.07, 6.45) is 0. The van der Waals surface area contributed by atoms with Crippen LogP contribution in [0.15, 0.2) is 18.2 Å². The largest absolute Gasteiger partial charge is 0.389 e. The Labute approximate surface area is 93.4 Å². The van der Waals surface area contributed by atoms with E-state index in [1.165, 1.54) is 6.07 Å². The number of thiocarbonyl (C=S) groups is 1. The van der Waals surface area contributed by atoms with Crippen LogP contribution in [0.1, 0.15) is 5.56 Å². The topological polar surface area (TPSA) is 47.3 Å². The van der Waals surface area contributed by atoms with Crippen LogP contribution in [0.3, 0.4) is 0 Å². The molecule has 3 nitrogen and oxygen atoms in total. The number of anilines is 1. The van der Waals surface area contributed by atoms with Crippen molar-refractivity contribution in [2.24, 2.45) is 5.73 Å². The molecule has 15 heavy (non-hydrogen) atoms. The van der Waals surface area contributed by atoms with Crippen molar-refractivity contribution in [3.05, 3.63) is 29.6 Å². The zero-order chi connectivity index (χ0) is 11.3. The van der Waals surface area contributed by atoms with E-state index < -0.39 is 5.82 Å². The molecule has 1 aromatic rings. The molecule has 0 aliphatic rings. The summed E-state index contributed by atoms with van der Waals surface area (Å²) in [5.74, 6) is -0.412. The molecule has 1 aromatic carbocycles. The Kier molecular flexibility index (Phi) is 4.45. The van der Waals surface area contributed by atoms with Crippen LogP contribution in [-0.2, 0) is 4.74 Å². The molecule has 0 spiro atoms. The van der Waals surface area contributed by atoms with E-state index >= 15 is 0 Å². The Balaban J connectivity index is 2.86. The van der Waals surface area contributed by atoms with Crippen LogP contribution >= 0.6 is 12.2 Å². The SMILES string of the molecule is COCCNc1cccc(F)c1C(N)=S. The standard InChI is InChI=1S/C10H13FN2OS/c1-14-6-5-13-8-4-2-3-7(11)9(8)10(12)15/h2-4,13H,5-6H2,1H3,(H2,12,15). The van der Waals surface area contributed by atoms with Gasteiger partial charge in [-0.1, -0.05) is 18.3 Å². The summed E-state index contributed by atoms with van der Waals surface area (Å²) in [5.41, 5.74) is 6.29. The second kappa shape index (κ2) is 5.63. The Bertz CT molecular complexity index is 357. The van der Waals surface area contributed by atoms with Gasteiger partial charge in [0.05, 0.1) is 12.2 Å². The lowest BCUT2D eigenvalue weighted by Gasteiger charge is -2.11. The fourth-order valence-corrected chi connectivity index (χ4v) is 1.42. The van der Waals surface area contributed by atoms with Crippen LogP contribution in [0, 0.1) is 5.82 Å². The third-order valence-electron chi connectivity index (χ3n) is 1.88. The minimum absolute atomic E-state index is 0.0491. The highest BCUT2D eigenvalue weighted by atomic mass is 32.1. The van der Waals surface area contributed by atoms with E-state index in [2.05, 4.69) is 5.32 Å². The molecule has 0 aliphatic heterocycles. The molecular weight excluding hydrogens is 215 g/mol. The number of hydrogen-bond donors (Lipinski definition) is 2. The van der Waals surface area contributed by atoms with E-state index in [1.54, 1.807) is 19.2 Å². The Morgan fingerprint density at radius 1 is 1.60 bits per heavy atom. The van der Waals surface area contributed by atoms with Gasteiger partial charge in [0.25, 0.3) is 0 Å². The minimum Gasteiger partial charge on any atom is -0.389 e. The highest BCUT2D eigenvalue weighted by Crippen LogP contribution is 2.18. The van der Waals surface area contributed by atoms with Gasteiger partial charge in [0, 0.05) is 19.3 Å². The van der Waals surface area contributed by atoms with Gasteiger partial charge in [-0.2, -0.15) is 0 Å². The van der Waals surface area contributed by atoms with E-state index in [9.17, 15) is 4.39 Å². The fourth-order valence-electron chi connectivity index (χ4n) is 1.21. The lowest BCUT2D eigenvalue weighted by Crippen LogP contribution is -2.17. The van der Waals surface area contributed by atoms with Crippen molar-refractivity contribution in [2.45, 2.75) is 0 Å². The number of nitrogens with one attached hydrogen (secondary N) is 1. The first-order valence-electron chi connectivity index (χ1n) is 4.48. The average Bonchev–Trinajstić information content (AvgIpc) is 2.17. The summed E-state index contributed by atoms with van der Waals surface area (Å²) in [4.78, 5) is 0.0491. The third-order valence-corrected chi connectivity index (χ3v) is 2.09. The molecule has 0 unspecified atom stereocenters. The maximum absolute atomic E-state index is 13.4. The summed E-state index contributed by atoms with van der Waals surface area (Å²) >= 11 is 4.78. The molecule has 82 valence electrons. The van der Waals surface area contributed by atoms with Gasteiger partial charge in [-0.25, -0.2) is 4.39 Å². The maximum atomic E-state index is 13.4. The molecule has 0 aromatic heterocycles. The molecule has 0 atom stereocenters. The first kappa shape index (κ1) is 11.9. The third kappa shape index (κ3) is 3.14. The van der Waals surface area contributed by atoms with Crippen molar-refractivity contribution >= 4 is 22.9 Å². The summed E-state index contributed by atoms with van der Waals surface area (Å²) in [6.45, 7) is 1.11. The van der Waals surface area contributed by atoms with Gasteiger partial charge in [-0.05, 0) is 12.1 Å². The first-order valence-corrected chi connectivity index (χ1v) is 4.88. The molecule has 0 saturated carbocycles. The van der Waals surface area contributed by atoms with Crippen molar-refractivity contribution in [1.82, 2.24) is 0 Å². The highest BCUT2D eigenvalue weighted by Gasteiger charge is 2.09. The van der Waals surface area contributed by atoms with Crippen molar-refractivity contribution in [1.29, 1.82) is 0 Å². The number of benzene rings is 1. The number of rotatable bonds is 5. The van der Waals surface area contributed by atoms with Gasteiger partial charge in [0.15, 0.2) is 0 Å². The van der Waals surface area contributed by atoms with Gasteiger partial charge < -0.3 is 15.8 Å². The molecule has 0 amide bonds. The van der Waals surface area contributed by atoms with Crippen molar-refractivity contribution < 1.29 is 9.13 Å². The summed E-state index contributed by atoms with van der Waals surface area (Å²) in [7, 11) is 1.60. The lowest BCUT2D eigenvalue weighted by atomic mass is 10.1. The van der Waals surface area contributed by atoms with Crippen molar-refractivity contribution in [2.75, 3.05) is 25.6 Å². The van der Waals surface area contributed by atoms with Gasteiger partial charge >= 0.3 is 0 Å². The van der Waals surface area contributed by atoms with Gasteiger partial charge in [0.2, 0.25) is 0 Å². The molecule has 0 bridgehead atoms. The molecule has 0 saturated heterocycles. The first-order chi connectivity index (χ1) is 7.16. The molecular formula is C10H13FN2OS. The molecule has 3 N–H and O–H groups in total. The fraction of sp³-hybridized carbons (Fsp3) is 0.300. The number of halogens is 1. The minimum atomic E-state index is -0.412. The molecule has 5 heteroatoms. The zero-order valence-electron chi connectivity index (χ0n) is 8.42. The number of methoxy groups -OCH3 is 1. The summed E-state index contributed by atoms with van der Waals surface area (Å²) in [5, 5.41) is 3.00. The second-order valence-corrected chi connectivity index (χ2v) is 3.39. The summed E-state index contributed by atoms with van der Waals surface area (Å²) in [6, 6.07) is 4.66. The maximum Gasteiger partial charge on any atom is 0.135 e. The van der Waals surface area contributed by atoms with Crippen LogP contribution in [-0.4, -0.2) is 25.2 Å². The molecule has 0 fully saturated rings. The predicted octanol–water partition coefficient (Wildman–Crippen LogP) is 1.52. The molecule has 0 aliphatic carbocycles. The van der Waals surface area contributed by atoms with E-state index in [0.717, 1.165) is 0 Å². The van der Waals surface area contributed by atoms with Crippen molar-refractivity contribution in [3.8, 4) is 0 Å². The normalized spacial score (nSPS) is 10.0. The molecule has 0 radical (unpaired) electrons. The quantitative estimate of drug-likeness (QED) is 0.592. The second-order valence-electron chi connectivity index (χ2n) is 2.95. The summed E-state index contributed by atoms with van der Waals surface area (Å²) < 4.78 is 18.2. The Morgan fingerprint density at radius 2 is 2.33 bits per heavy atom. The zero-order valence-corrected chi connectivity index (χ0v) is 9.23. The van der Waals surface area contributed by atoms with Crippen molar-refractivity contribution in [3.63, 3.8) is 0 Å². The van der Waals surface area contributed by atoms with Crippen LogP contribution in [0.4, 0.5) is 10.1 Å². The van der Waals surface area contributed by atoms with E-state index in [-0.39, 0.29) is 10.6 Å². The smallest absolute Gasteiger partial charge is 0.135 e. The van der Waals surface area contributed by atoms with Gasteiger partial charge in [-0.3, -0.25) is 0 Å². The Hall–Kier alpha value is -1.20. The molecule has 0 heterocycles. The molecule has 1 rings (SSSR count). The lowest BCUT2D eigenvalue weighted by molar-refractivity contribution is 0.211. The van der Waals surface area contributed by atoms with Crippen LogP contribution in [0.5, 0.6) is 0 Å². The van der Waals surface area contributed by atoms with E-state index in [0.29, 0.717) is 18.8 Å². The average molecular weight is 228 g/mol. The van der Waals surface area contributed by atoms with Crippen LogP contribution in [0.2, 0.25) is 0 Å². The van der Waals surface area contributed by atoms with E-state index in [4.69, 9.17) is 22.7 Å². The van der Waals surface area contributed by atoms with Gasteiger partial charge in [0.1, 0.15) is 10.8 Å². The van der Waals surface area contributed by atoms with Crippen LogP contribution < -0.4 is 11.1 Å². The number of nitrogens with two attached hydrogens (primary N) is 1. The Morgan fingerprint density at radius 3 is 2.93 bits per heavy atom. The number of hydrogen-bond acceptors (Lipinski definition) is 3. The highest BCUT2D eigenvalue weighted by molar-refractivity contribution is 7.80. The van der Waals surface area contributed by atoms with Gasteiger partial charge in [-0.15, -0.1) is 0 Å². The monoisotopic (exact) mass is 228 g/mol. The van der Waals surface area contributed by atoms with E-state index in [1.807, 2.05) is 0 Å². The van der Waals surface area contributed by atoms with Crippen LogP contribution in [0.25, 0.3) is 0 Å².